The third-order valence-electron chi connectivity index (χ3n) is 4.47. The molecule has 2 aromatic carbocycles. The summed E-state index contributed by atoms with van der Waals surface area (Å²) in [7, 11) is 0. The minimum absolute atomic E-state index is 0.0144. The van der Waals surface area contributed by atoms with Crippen LogP contribution in [0.5, 0.6) is 5.75 Å². The van der Waals surface area contributed by atoms with Crippen molar-refractivity contribution in [1.29, 1.82) is 0 Å². The number of fused-ring (bicyclic) bond motifs is 1. The lowest BCUT2D eigenvalue weighted by molar-refractivity contribution is -0.137. The summed E-state index contributed by atoms with van der Waals surface area (Å²) in [5.41, 5.74) is -1.85. The van der Waals surface area contributed by atoms with Gasteiger partial charge < -0.3 is 5.11 Å². The number of aromatic hydroxyl groups is 1. The number of carbonyl (C=O) groups excluding carboxylic acids is 2. The van der Waals surface area contributed by atoms with Gasteiger partial charge in [0.1, 0.15) is 5.75 Å². The van der Waals surface area contributed by atoms with Crippen LogP contribution in [0.4, 0.5) is 13.2 Å². The minimum Gasteiger partial charge on any atom is -0.507 e. The highest BCUT2D eigenvalue weighted by Crippen LogP contribution is 2.38. The van der Waals surface area contributed by atoms with E-state index >= 15 is 0 Å². The smallest absolute Gasteiger partial charge is 0.417 e. The summed E-state index contributed by atoms with van der Waals surface area (Å²) in [6.07, 6.45) is -4.63. The molecule has 0 aliphatic carbocycles. The second-order valence-electron chi connectivity index (χ2n) is 6.95. The Morgan fingerprint density at radius 1 is 1.07 bits per heavy atom. The molecular formula is C19H15ClF3NO3. The van der Waals surface area contributed by atoms with E-state index in [-0.39, 0.29) is 28.9 Å². The van der Waals surface area contributed by atoms with E-state index < -0.39 is 34.1 Å². The number of alkyl halides is 3. The van der Waals surface area contributed by atoms with Gasteiger partial charge in [-0.3, -0.25) is 14.5 Å². The highest BCUT2D eigenvalue weighted by Gasteiger charge is 2.45. The standard InChI is InChI=1S/C19H15ClF3NO3/c1-18(2,9-10-6-7-13(20)12(8-10)19(21,22)23)24-16(26)11-4-3-5-14(25)15(11)17(24)27/h3-8,25H,9H2,1-2H3. The van der Waals surface area contributed by atoms with Crippen LogP contribution < -0.4 is 0 Å². The number of amides is 2. The SMILES string of the molecule is CC(C)(Cc1ccc(Cl)c(C(F)(F)F)c1)N1C(=O)c2cccc(O)c2C1=O. The molecule has 1 N–H and O–H groups in total. The molecule has 1 aliphatic heterocycles. The number of carbonyl (C=O) groups is 2. The lowest BCUT2D eigenvalue weighted by atomic mass is 9.92. The molecule has 0 radical (unpaired) electrons. The highest BCUT2D eigenvalue weighted by atomic mass is 35.5. The van der Waals surface area contributed by atoms with E-state index in [0.717, 1.165) is 17.0 Å². The molecule has 27 heavy (non-hydrogen) atoms. The molecule has 0 aromatic heterocycles. The molecule has 4 nitrogen and oxygen atoms in total. The molecule has 1 aliphatic rings. The van der Waals surface area contributed by atoms with Gasteiger partial charge in [-0.05, 0) is 50.1 Å². The van der Waals surface area contributed by atoms with Crippen molar-refractivity contribution in [2.75, 3.05) is 0 Å². The Balaban J connectivity index is 1.96. The number of phenols is 1. The van der Waals surface area contributed by atoms with E-state index in [1.807, 2.05) is 0 Å². The predicted molar refractivity (Wildman–Crippen MR) is 92.8 cm³/mol. The van der Waals surface area contributed by atoms with Crippen LogP contribution in [-0.2, 0) is 12.6 Å². The summed E-state index contributed by atoms with van der Waals surface area (Å²) >= 11 is 5.64. The molecule has 0 unspecified atom stereocenters. The van der Waals surface area contributed by atoms with Crippen LogP contribution in [-0.4, -0.2) is 27.4 Å². The molecule has 2 aromatic rings. The maximum Gasteiger partial charge on any atom is 0.417 e. The average molecular weight is 398 g/mol. The van der Waals surface area contributed by atoms with E-state index in [1.165, 1.54) is 24.3 Å². The molecule has 0 fully saturated rings. The Hall–Kier alpha value is -2.54. The number of hydrogen-bond acceptors (Lipinski definition) is 3. The van der Waals surface area contributed by atoms with Crippen LogP contribution in [0.3, 0.4) is 0 Å². The molecule has 1 heterocycles. The fourth-order valence-electron chi connectivity index (χ4n) is 3.30. The number of phenolic OH excluding ortho intramolecular Hbond substituents is 1. The van der Waals surface area contributed by atoms with Gasteiger partial charge in [-0.1, -0.05) is 23.7 Å². The van der Waals surface area contributed by atoms with Crippen LogP contribution in [0.25, 0.3) is 0 Å². The van der Waals surface area contributed by atoms with Crippen LogP contribution >= 0.6 is 11.6 Å². The zero-order chi connectivity index (χ0) is 20.1. The lowest BCUT2D eigenvalue weighted by Crippen LogP contribution is -2.49. The quantitative estimate of drug-likeness (QED) is 0.765. The third kappa shape index (κ3) is 3.27. The van der Waals surface area contributed by atoms with Gasteiger partial charge in [0.05, 0.1) is 21.7 Å². The summed E-state index contributed by atoms with van der Waals surface area (Å²) in [5.74, 6) is -1.58. The lowest BCUT2D eigenvalue weighted by Gasteiger charge is -2.34. The van der Waals surface area contributed by atoms with Crippen LogP contribution in [0, 0.1) is 0 Å². The number of nitrogens with zero attached hydrogens (tertiary/aromatic N) is 1. The summed E-state index contributed by atoms with van der Waals surface area (Å²) in [6.45, 7) is 3.15. The summed E-state index contributed by atoms with van der Waals surface area (Å²) in [4.78, 5) is 26.3. The van der Waals surface area contributed by atoms with Crippen molar-refractivity contribution in [2.24, 2.45) is 0 Å². The van der Waals surface area contributed by atoms with Crippen LogP contribution in [0.1, 0.15) is 45.7 Å². The first-order chi connectivity index (χ1) is 12.4. The largest absolute Gasteiger partial charge is 0.507 e. The molecule has 0 spiro atoms. The molecule has 0 saturated carbocycles. The zero-order valence-electron chi connectivity index (χ0n) is 14.4. The summed E-state index contributed by atoms with van der Waals surface area (Å²) < 4.78 is 39.2. The van der Waals surface area contributed by atoms with Gasteiger partial charge in [-0.15, -0.1) is 0 Å². The Morgan fingerprint density at radius 2 is 1.74 bits per heavy atom. The van der Waals surface area contributed by atoms with E-state index in [9.17, 15) is 27.9 Å². The van der Waals surface area contributed by atoms with Gasteiger partial charge in [0.25, 0.3) is 11.8 Å². The molecule has 0 bridgehead atoms. The first-order valence-electron chi connectivity index (χ1n) is 8.00. The zero-order valence-corrected chi connectivity index (χ0v) is 15.1. The first kappa shape index (κ1) is 19.2. The highest BCUT2D eigenvalue weighted by molar-refractivity contribution is 6.31. The maximum absolute atomic E-state index is 13.1. The van der Waals surface area contributed by atoms with Crippen molar-refractivity contribution >= 4 is 23.4 Å². The molecule has 0 saturated heterocycles. The summed E-state index contributed by atoms with van der Waals surface area (Å²) in [6, 6.07) is 7.66. The molecule has 3 rings (SSSR count). The molecule has 2 amide bonds. The monoisotopic (exact) mass is 397 g/mol. The molecule has 0 atom stereocenters. The Morgan fingerprint density at radius 3 is 2.33 bits per heavy atom. The van der Waals surface area contributed by atoms with Gasteiger partial charge in [0.2, 0.25) is 0 Å². The molecular weight excluding hydrogens is 383 g/mol. The summed E-state index contributed by atoms with van der Waals surface area (Å²) in [5, 5.41) is 9.49. The number of rotatable bonds is 3. The van der Waals surface area contributed by atoms with E-state index in [4.69, 9.17) is 11.6 Å². The first-order valence-corrected chi connectivity index (χ1v) is 8.38. The normalized spacial score (nSPS) is 14.7. The van der Waals surface area contributed by atoms with Gasteiger partial charge in [-0.25, -0.2) is 0 Å². The van der Waals surface area contributed by atoms with Crippen LogP contribution in [0.15, 0.2) is 36.4 Å². The number of hydrogen-bond donors (Lipinski definition) is 1. The molecule has 8 heteroatoms. The van der Waals surface area contributed by atoms with Gasteiger partial charge in [-0.2, -0.15) is 13.2 Å². The fourth-order valence-corrected chi connectivity index (χ4v) is 3.52. The van der Waals surface area contributed by atoms with Crippen molar-refractivity contribution in [3.63, 3.8) is 0 Å². The number of benzene rings is 2. The van der Waals surface area contributed by atoms with Crippen molar-refractivity contribution in [3.05, 3.63) is 63.7 Å². The molecule has 142 valence electrons. The van der Waals surface area contributed by atoms with Crippen molar-refractivity contribution in [3.8, 4) is 5.75 Å². The van der Waals surface area contributed by atoms with Gasteiger partial charge in [0.15, 0.2) is 0 Å². The van der Waals surface area contributed by atoms with Crippen LogP contribution in [0.2, 0.25) is 5.02 Å². The number of halogens is 4. The Labute approximate surface area is 158 Å². The Kier molecular flexibility index (Phi) is 4.46. The second kappa shape index (κ2) is 6.27. The van der Waals surface area contributed by atoms with Crippen molar-refractivity contribution < 1.29 is 27.9 Å². The topological polar surface area (TPSA) is 57.6 Å². The predicted octanol–water partition coefficient (Wildman–Crippen LogP) is 4.68. The minimum atomic E-state index is -4.61. The second-order valence-corrected chi connectivity index (χ2v) is 7.35. The van der Waals surface area contributed by atoms with E-state index in [1.54, 1.807) is 13.8 Å². The van der Waals surface area contributed by atoms with E-state index in [0.29, 0.717) is 0 Å². The van der Waals surface area contributed by atoms with Gasteiger partial charge >= 0.3 is 6.18 Å². The third-order valence-corrected chi connectivity index (χ3v) is 4.80. The van der Waals surface area contributed by atoms with Gasteiger partial charge in [0, 0.05) is 5.54 Å². The average Bonchev–Trinajstić information content (AvgIpc) is 2.81. The Bertz CT molecular complexity index is 954. The maximum atomic E-state index is 13.1. The van der Waals surface area contributed by atoms with E-state index in [2.05, 4.69) is 0 Å². The number of imide groups is 1. The van der Waals surface area contributed by atoms with Crippen molar-refractivity contribution in [1.82, 2.24) is 4.90 Å². The van der Waals surface area contributed by atoms with Crippen molar-refractivity contribution in [2.45, 2.75) is 32.0 Å². The fraction of sp³-hybridized carbons (Fsp3) is 0.263.